The van der Waals surface area contributed by atoms with Crippen molar-refractivity contribution >= 4 is 46.5 Å². The lowest BCUT2D eigenvalue weighted by Crippen LogP contribution is -2.11. The predicted molar refractivity (Wildman–Crippen MR) is 80.6 cm³/mol. The summed E-state index contributed by atoms with van der Waals surface area (Å²) < 4.78 is 1.85. The SMILES string of the molecule is CSc1nnc(SCc2ccc(C(N)=O)cc2N)s1. The molecule has 0 saturated heterocycles. The molecule has 19 heavy (non-hydrogen) atoms. The van der Waals surface area contributed by atoms with E-state index in [4.69, 9.17) is 11.5 Å². The summed E-state index contributed by atoms with van der Waals surface area (Å²) in [5.41, 5.74) is 13.0. The number of nitrogen functional groups attached to an aromatic ring is 1. The average Bonchev–Trinajstić information content (AvgIpc) is 2.85. The third-order valence-electron chi connectivity index (χ3n) is 2.34. The van der Waals surface area contributed by atoms with E-state index in [1.54, 1.807) is 47.0 Å². The van der Waals surface area contributed by atoms with Crippen LogP contribution in [0.2, 0.25) is 0 Å². The first-order valence-corrected chi connectivity index (χ1v) is 8.31. The molecule has 0 aliphatic carbocycles. The van der Waals surface area contributed by atoms with Crippen LogP contribution in [-0.2, 0) is 5.75 Å². The molecule has 1 aromatic heterocycles. The number of nitrogens with two attached hydrogens (primary N) is 2. The van der Waals surface area contributed by atoms with E-state index in [0.717, 1.165) is 14.2 Å². The molecule has 1 heterocycles. The molecule has 2 aromatic rings. The van der Waals surface area contributed by atoms with E-state index in [0.29, 0.717) is 17.0 Å². The van der Waals surface area contributed by atoms with Crippen molar-refractivity contribution in [3.05, 3.63) is 29.3 Å². The van der Waals surface area contributed by atoms with Crippen molar-refractivity contribution in [3.63, 3.8) is 0 Å². The molecule has 0 fully saturated rings. The second-order valence-electron chi connectivity index (χ2n) is 3.60. The van der Waals surface area contributed by atoms with Crippen LogP contribution in [0.25, 0.3) is 0 Å². The van der Waals surface area contributed by atoms with Gasteiger partial charge in [-0.3, -0.25) is 4.79 Å². The van der Waals surface area contributed by atoms with Gasteiger partial charge in [-0.1, -0.05) is 40.9 Å². The van der Waals surface area contributed by atoms with Gasteiger partial charge in [-0.05, 0) is 24.0 Å². The summed E-state index contributed by atoms with van der Waals surface area (Å²) in [6, 6.07) is 5.10. The molecule has 5 nitrogen and oxygen atoms in total. The fraction of sp³-hybridized carbons (Fsp3) is 0.182. The number of carbonyl (C=O) groups is 1. The van der Waals surface area contributed by atoms with E-state index >= 15 is 0 Å². The van der Waals surface area contributed by atoms with Crippen LogP contribution in [0.4, 0.5) is 5.69 Å². The minimum absolute atomic E-state index is 0.423. The molecule has 0 radical (unpaired) electrons. The highest BCUT2D eigenvalue weighted by Gasteiger charge is 2.08. The van der Waals surface area contributed by atoms with Gasteiger partial charge in [0.25, 0.3) is 0 Å². The zero-order chi connectivity index (χ0) is 13.8. The highest BCUT2D eigenvalue weighted by Crippen LogP contribution is 2.31. The Labute approximate surface area is 123 Å². The number of aromatic nitrogens is 2. The summed E-state index contributed by atoms with van der Waals surface area (Å²) in [7, 11) is 0. The Morgan fingerprint density at radius 1 is 1.37 bits per heavy atom. The summed E-state index contributed by atoms with van der Waals surface area (Å²) >= 11 is 4.70. The molecule has 0 unspecified atom stereocenters. The number of nitrogens with zero attached hydrogens (tertiary/aromatic N) is 2. The number of amides is 1. The van der Waals surface area contributed by atoms with Gasteiger partial charge in [-0.15, -0.1) is 10.2 Å². The normalized spacial score (nSPS) is 10.6. The van der Waals surface area contributed by atoms with Crippen LogP contribution >= 0.6 is 34.9 Å². The Morgan fingerprint density at radius 2 is 2.11 bits per heavy atom. The van der Waals surface area contributed by atoms with Gasteiger partial charge < -0.3 is 11.5 Å². The van der Waals surface area contributed by atoms with Crippen LogP contribution in [0.1, 0.15) is 15.9 Å². The first-order chi connectivity index (χ1) is 9.10. The fourth-order valence-corrected chi connectivity index (χ4v) is 3.81. The molecule has 0 atom stereocenters. The maximum absolute atomic E-state index is 11.0. The monoisotopic (exact) mass is 312 g/mol. The van der Waals surface area contributed by atoms with Crippen LogP contribution in [-0.4, -0.2) is 22.4 Å². The molecular weight excluding hydrogens is 300 g/mol. The maximum Gasteiger partial charge on any atom is 0.248 e. The van der Waals surface area contributed by atoms with E-state index in [1.807, 2.05) is 12.3 Å². The molecule has 2 rings (SSSR count). The quantitative estimate of drug-likeness (QED) is 0.649. The Hall–Kier alpha value is -1.25. The molecule has 8 heteroatoms. The van der Waals surface area contributed by atoms with Crippen molar-refractivity contribution in [3.8, 4) is 0 Å². The molecule has 0 aliphatic heterocycles. The van der Waals surface area contributed by atoms with Crippen LogP contribution < -0.4 is 11.5 Å². The second kappa shape index (κ2) is 6.27. The van der Waals surface area contributed by atoms with Crippen LogP contribution in [0.3, 0.4) is 0 Å². The lowest BCUT2D eigenvalue weighted by molar-refractivity contribution is 0.100. The molecule has 0 saturated carbocycles. The first-order valence-electron chi connectivity index (χ1n) is 5.28. The van der Waals surface area contributed by atoms with Gasteiger partial charge >= 0.3 is 0 Å². The number of rotatable bonds is 5. The summed E-state index contributed by atoms with van der Waals surface area (Å²) in [6.45, 7) is 0. The molecule has 100 valence electrons. The van der Waals surface area contributed by atoms with Crippen molar-refractivity contribution in [1.82, 2.24) is 10.2 Å². The Bertz CT molecular complexity index is 599. The Balaban J connectivity index is 2.05. The van der Waals surface area contributed by atoms with Gasteiger partial charge in [0.2, 0.25) is 5.91 Å². The Kier molecular flexibility index (Phi) is 4.67. The standard InChI is InChI=1S/C11H12N4OS3/c1-17-10-14-15-11(19-10)18-5-7-3-2-6(9(13)16)4-8(7)12/h2-4H,5,12H2,1H3,(H2,13,16). The first kappa shape index (κ1) is 14.2. The number of primary amides is 1. The smallest absolute Gasteiger partial charge is 0.248 e. The van der Waals surface area contributed by atoms with Gasteiger partial charge in [0.05, 0.1) is 0 Å². The molecular formula is C11H12N4OS3. The minimum Gasteiger partial charge on any atom is -0.398 e. The lowest BCUT2D eigenvalue weighted by Gasteiger charge is -2.05. The van der Waals surface area contributed by atoms with Crippen molar-refractivity contribution < 1.29 is 4.79 Å². The maximum atomic E-state index is 11.0. The molecule has 0 spiro atoms. The Morgan fingerprint density at radius 3 is 2.68 bits per heavy atom. The zero-order valence-corrected chi connectivity index (χ0v) is 12.6. The highest BCUT2D eigenvalue weighted by atomic mass is 32.2. The molecule has 4 N–H and O–H groups in total. The average molecular weight is 312 g/mol. The lowest BCUT2D eigenvalue weighted by atomic mass is 10.1. The summed E-state index contributed by atoms with van der Waals surface area (Å²) in [6.07, 6.45) is 1.97. The van der Waals surface area contributed by atoms with Crippen LogP contribution in [0, 0.1) is 0 Å². The summed E-state index contributed by atoms with van der Waals surface area (Å²) in [5.74, 6) is 0.216. The van der Waals surface area contributed by atoms with Crippen molar-refractivity contribution in [1.29, 1.82) is 0 Å². The largest absolute Gasteiger partial charge is 0.398 e. The molecule has 1 amide bonds. The van der Waals surface area contributed by atoms with E-state index in [-0.39, 0.29) is 0 Å². The van der Waals surface area contributed by atoms with Gasteiger partial charge in [-0.25, -0.2) is 0 Å². The number of carbonyl (C=O) groups excluding carboxylic acids is 1. The topological polar surface area (TPSA) is 94.9 Å². The number of hydrogen-bond donors (Lipinski definition) is 2. The van der Waals surface area contributed by atoms with Gasteiger partial charge in [0.15, 0.2) is 8.68 Å². The van der Waals surface area contributed by atoms with Crippen molar-refractivity contribution in [2.75, 3.05) is 12.0 Å². The van der Waals surface area contributed by atoms with Gasteiger partial charge in [-0.2, -0.15) is 0 Å². The summed E-state index contributed by atoms with van der Waals surface area (Å²) in [5, 5.41) is 8.10. The van der Waals surface area contributed by atoms with Crippen molar-refractivity contribution in [2.24, 2.45) is 5.73 Å². The molecule has 0 aliphatic rings. The fourth-order valence-electron chi connectivity index (χ4n) is 1.36. The highest BCUT2D eigenvalue weighted by molar-refractivity contribution is 8.02. The third-order valence-corrected chi connectivity index (χ3v) is 5.43. The van der Waals surface area contributed by atoms with E-state index in [2.05, 4.69) is 10.2 Å². The second-order valence-corrected chi connectivity index (χ2v) is 6.86. The molecule has 1 aromatic carbocycles. The van der Waals surface area contributed by atoms with E-state index in [9.17, 15) is 4.79 Å². The molecule has 0 bridgehead atoms. The number of anilines is 1. The number of thioether (sulfide) groups is 2. The van der Waals surface area contributed by atoms with E-state index < -0.39 is 5.91 Å². The number of benzene rings is 1. The summed E-state index contributed by atoms with van der Waals surface area (Å²) in [4.78, 5) is 11.0. The van der Waals surface area contributed by atoms with Gasteiger partial charge in [0.1, 0.15) is 0 Å². The van der Waals surface area contributed by atoms with Crippen LogP contribution in [0.15, 0.2) is 26.9 Å². The van der Waals surface area contributed by atoms with Crippen LogP contribution in [0.5, 0.6) is 0 Å². The van der Waals surface area contributed by atoms with E-state index in [1.165, 1.54) is 0 Å². The van der Waals surface area contributed by atoms with Gasteiger partial charge in [0, 0.05) is 17.0 Å². The number of hydrogen-bond acceptors (Lipinski definition) is 7. The minimum atomic E-state index is -0.473. The third kappa shape index (κ3) is 3.62. The zero-order valence-electron chi connectivity index (χ0n) is 10.1. The predicted octanol–water partition coefficient (Wildman–Crippen LogP) is 2.23. The van der Waals surface area contributed by atoms with Crippen molar-refractivity contribution in [2.45, 2.75) is 14.4 Å².